The summed E-state index contributed by atoms with van der Waals surface area (Å²) in [5, 5.41) is 6.42. The van der Waals surface area contributed by atoms with Crippen molar-refractivity contribution >= 4 is 23.2 Å². The second-order valence-electron chi connectivity index (χ2n) is 4.80. The average molecular weight is 335 g/mol. The van der Waals surface area contributed by atoms with E-state index in [0.29, 0.717) is 23.1 Å². The van der Waals surface area contributed by atoms with Gasteiger partial charge in [0.2, 0.25) is 5.91 Å². The van der Waals surface area contributed by atoms with Crippen molar-refractivity contribution in [2.75, 3.05) is 26.1 Å². The minimum Gasteiger partial charge on any atom is -0.493 e. The normalized spacial score (nSPS) is 10.0. The van der Waals surface area contributed by atoms with Gasteiger partial charge < -0.3 is 20.1 Å². The molecule has 23 heavy (non-hydrogen) atoms. The van der Waals surface area contributed by atoms with Gasteiger partial charge in [-0.25, -0.2) is 0 Å². The molecule has 6 heteroatoms. The van der Waals surface area contributed by atoms with Crippen LogP contribution in [0.4, 0.5) is 5.69 Å². The maximum absolute atomic E-state index is 11.9. The number of anilines is 1. The van der Waals surface area contributed by atoms with E-state index in [1.54, 1.807) is 20.3 Å². The van der Waals surface area contributed by atoms with E-state index < -0.39 is 0 Å². The number of benzene rings is 2. The van der Waals surface area contributed by atoms with E-state index in [2.05, 4.69) is 10.6 Å². The molecule has 0 aliphatic carbocycles. The number of nitrogens with one attached hydrogen (secondary N) is 2. The van der Waals surface area contributed by atoms with Crippen LogP contribution in [-0.4, -0.2) is 26.7 Å². The zero-order valence-electron chi connectivity index (χ0n) is 13.1. The maximum atomic E-state index is 11.9. The Morgan fingerprint density at radius 2 is 1.83 bits per heavy atom. The van der Waals surface area contributed by atoms with Gasteiger partial charge in [-0.15, -0.1) is 0 Å². The van der Waals surface area contributed by atoms with Crippen molar-refractivity contribution in [3.8, 4) is 11.5 Å². The summed E-state index contributed by atoms with van der Waals surface area (Å²) in [4.78, 5) is 11.9. The van der Waals surface area contributed by atoms with E-state index in [4.69, 9.17) is 21.1 Å². The third-order valence-electron chi connectivity index (χ3n) is 3.25. The topological polar surface area (TPSA) is 59.6 Å². The summed E-state index contributed by atoms with van der Waals surface area (Å²) >= 11 is 6.02. The van der Waals surface area contributed by atoms with Crippen LogP contribution in [0, 0.1) is 0 Å². The van der Waals surface area contributed by atoms with E-state index in [1.807, 2.05) is 36.4 Å². The first kappa shape index (κ1) is 17.0. The summed E-state index contributed by atoms with van der Waals surface area (Å²) in [7, 11) is 3.16. The number of amides is 1. The minimum absolute atomic E-state index is 0.125. The highest BCUT2D eigenvalue weighted by Crippen LogP contribution is 2.27. The monoisotopic (exact) mass is 334 g/mol. The van der Waals surface area contributed by atoms with Crippen molar-refractivity contribution in [2.45, 2.75) is 6.54 Å². The molecule has 0 spiro atoms. The molecule has 0 aliphatic rings. The Bertz CT molecular complexity index is 677. The van der Waals surface area contributed by atoms with E-state index in [-0.39, 0.29) is 12.5 Å². The van der Waals surface area contributed by atoms with E-state index in [0.717, 1.165) is 11.3 Å². The van der Waals surface area contributed by atoms with Gasteiger partial charge in [-0.3, -0.25) is 4.79 Å². The molecule has 2 aromatic carbocycles. The van der Waals surface area contributed by atoms with Gasteiger partial charge in [0.1, 0.15) is 0 Å². The van der Waals surface area contributed by atoms with Crippen LogP contribution in [0.5, 0.6) is 11.5 Å². The summed E-state index contributed by atoms with van der Waals surface area (Å²) in [6, 6.07) is 12.8. The molecule has 5 nitrogen and oxygen atoms in total. The SMILES string of the molecule is COc1ccc(CNC(=O)CNc2ccccc2Cl)cc1OC. The molecule has 0 heterocycles. The van der Waals surface area contributed by atoms with E-state index in [9.17, 15) is 4.79 Å². The lowest BCUT2D eigenvalue weighted by atomic mass is 10.2. The lowest BCUT2D eigenvalue weighted by Gasteiger charge is -2.11. The Morgan fingerprint density at radius 3 is 2.52 bits per heavy atom. The highest BCUT2D eigenvalue weighted by molar-refractivity contribution is 6.33. The van der Waals surface area contributed by atoms with Gasteiger partial charge in [-0.05, 0) is 29.8 Å². The molecule has 0 aliphatic heterocycles. The molecule has 0 aromatic heterocycles. The van der Waals surface area contributed by atoms with Crippen LogP contribution >= 0.6 is 11.6 Å². The fourth-order valence-electron chi connectivity index (χ4n) is 2.03. The smallest absolute Gasteiger partial charge is 0.239 e. The predicted molar refractivity (Wildman–Crippen MR) is 91.3 cm³/mol. The number of carbonyl (C=O) groups excluding carboxylic acids is 1. The summed E-state index contributed by atoms with van der Waals surface area (Å²) < 4.78 is 10.4. The number of hydrogen-bond donors (Lipinski definition) is 2. The summed E-state index contributed by atoms with van der Waals surface area (Å²) in [6.07, 6.45) is 0. The maximum Gasteiger partial charge on any atom is 0.239 e. The molecule has 2 aromatic rings. The molecule has 2 rings (SSSR count). The van der Waals surface area contributed by atoms with Crippen LogP contribution in [0.1, 0.15) is 5.56 Å². The first-order chi connectivity index (χ1) is 11.1. The average Bonchev–Trinajstić information content (AvgIpc) is 2.58. The minimum atomic E-state index is -0.125. The highest BCUT2D eigenvalue weighted by Gasteiger charge is 2.07. The Kier molecular flexibility index (Phi) is 6.11. The van der Waals surface area contributed by atoms with Crippen LogP contribution in [0.15, 0.2) is 42.5 Å². The molecule has 2 N–H and O–H groups in total. The molecule has 1 amide bonds. The van der Waals surface area contributed by atoms with Gasteiger partial charge in [0, 0.05) is 6.54 Å². The number of rotatable bonds is 7. The van der Waals surface area contributed by atoms with Crippen molar-refractivity contribution in [1.29, 1.82) is 0 Å². The van der Waals surface area contributed by atoms with Gasteiger partial charge in [-0.2, -0.15) is 0 Å². The summed E-state index contributed by atoms with van der Waals surface area (Å²) in [6.45, 7) is 0.556. The van der Waals surface area contributed by atoms with E-state index >= 15 is 0 Å². The molecule has 0 fully saturated rings. The summed E-state index contributed by atoms with van der Waals surface area (Å²) in [5.74, 6) is 1.16. The van der Waals surface area contributed by atoms with Crippen molar-refractivity contribution in [3.63, 3.8) is 0 Å². The zero-order chi connectivity index (χ0) is 16.7. The number of halogens is 1. The predicted octanol–water partition coefficient (Wildman–Crippen LogP) is 3.09. The van der Waals surface area contributed by atoms with Gasteiger partial charge in [0.05, 0.1) is 31.5 Å². The Labute approximate surface area is 140 Å². The molecule has 0 bridgehead atoms. The molecular weight excluding hydrogens is 316 g/mol. The van der Waals surface area contributed by atoms with Crippen LogP contribution in [0.2, 0.25) is 5.02 Å². The zero-order valence-corrected chi connectivity index (χ0v) is 13.8. The second kappa shape index (κ2) is 8.29. The van der Waals surface area contributed by atoms with Crippen LogP contribution in [-0.2, 0) is 11.3 Å². The van der Waals surface area contributed by atoms with Crippen molar-refractivity contribution < 1.29 is 14.3 Å². The second-order valence-corrected chi connectivity index (χ2v) is 5.21. The third-order valence-corrected chi connectivity index (χ3v) is 3.58. The molecule has 0 radical (unpaired) electrons. The van der Waals surface area contributed by atoms with Gasteiger partial charge in [0.15, 0.2) is 11.5 Å². The van der Waals surface area contributed by atoms with Gasteiger partial charge in [-0.1, -0.05) is 29.8 Å². The molecule has 0 unspecified atom stereocenters. The third kappa shape index (κ3) is 4.79. The van der Waals surface area contributed by atoms with Crippen molar-refractivity contribution in [1.82, 2.24) is 5.32 Å². The molecule has 122 valence electrons. The first-order valence-electron chi connectivity index (χ1n) is 7.10. The van der Waals surface area contributed by atoms with E-state index in [1.165, 1.54) is 0 Å². The van der Waals surface area contributed by atoms with Gasteiger partial charge >= 0.3 is 0 Å². The van der Waals surface area contributed by atoms with Gasteiger partial charge in [0.25, 0.3) is 0 Å². The number of para-hydroxylation sites is 1. The van der Waals surface area contributed by atoms with Crippen LogP contribution in [0.25, 0.3) is 0 Å². The molecule has 0 atom stereocenters. The number of methoxy groups -OCH3 is 2. The van der Waals surface area contributed by atoms with Crippen LogP contribution < -0.4 is 20.1 Å². The first-order valence-corrected chi connectivity index (χ1v) is 7.48. The molecule has 0 saturated carbocycles. The Balaban J connectivity index is 1.86. The lowest BCUT2D eigenvalue weighted by molar-refractivity contribution is -0.119. The quantitative estimate of drug-likeness (QED) is 0.817. The van der Waals surface area contributed by atoms with Crippen LogP contribution in [0.3, 0.4) is 0 Å². The Morgan fingerprint density at radius 1 is 1.09 bits per heavy atom. The molecular formula is C17H19ClN2O3. The summed E-state index contributed by atoms with van der Waals surface area (Å²) in [5.41, 5.74) is 1.66. The Hall–Kier alpha value is -2.40. The number of carbonyl (C=O) groups is 1. The number of hydrogen-bond acceptors (Lipinski definition) is 4. The highest BCUT2D eigenvalue weighted by atomic mass is 35.5. The van der Waals surface area contributed by atoms with Crippen molar-refractivity contribution in [3.05, 3.63) is 53.1 Å². The fraction of sp³-hybridized carbons (Fsp3) is 0.235. The fourth-order valence-corrected chi connectivity index (χ4v) is 2.24. The number of ether oxygens (including phenoxy) is 2. The lowest BCUT2D eigenvalue weighted by Crippen LogP contribution is -2.29. The largest absolute Gasteiger partial charge is 0.493 e. The standard InChI is InChI=1S/C17H19ClN2O3/c1-22-15-8-7-12(9-16(15)23-2)10-20-17(21)11-19-14-6-4-3-5-13(14)18/h3-9,19H,10-11H2,1-2H3,(H,20,21). The molecule has 0 saturated heterocycles. The van der Waals surface area contributed by atoms with Crippen molar-refractivity contribution in [2.24, 2.45) is 0 Å².